The Labute approximate surface area is 149 Å². The number of nitrogens with one attached hydrogen (secondary N) is 2. The number of hydrogen-bond acceptors (Lipinski definition) is 4. The van der Waals surface area contributed by atoms with Gasteiger partial charge in [-0.15, -0.1) is 10.2 Å². The van der Waals surface area contributed by atoms with Crippen LogP contribution in [0.25, 0.3) is 11.4 Å². The van der Waals surface area contributed by atoms with Gasteiger partial charge in [-0.05, 0) is 56.8 Å². The third-order valence-corrected chi connectivity index (χ3v) is 5.05. The average Bonchev–Trinajstić information content (AvgIpc) is 3.11. The van der Waals surface area contributed by atoms with Crippen molar-refractivity contribution < 1.29 is 4.79 Å². The van der Waals surface area contributed by atoms with Gasteiger partial charge in [-0.25, -0.2) is 0 Å². The standard InChI is InChI=1S/C19H27N5O/c1-3-24-13-21-23-19(24)16-8-4-5-9-17(16)22-18(25)11-14(2)15-7-6-10-20-12-15/h4-5,8-9,13-15,20H,3,6-7,10-12H2,1-2H3,(H,22,25). The van der Waals surface area contributed by atoms with E-state index in [1.165, 1.54) is 12.8 Å². The van der Waals surface area contributed by atoms with Crippen LogP contribution >= 0.6 is 0 Å². The summed E-state index contributed by atoms with van der Waals surface area (Å²) in [6, 6.07) is 7.78. The number of amides is 1. The summed E-state index contributed by atoms with van der Waals surface area (Å²) >= 11 is 0. The Kier molecular flexibility index (Phi) is 5.81. The van der Waals surface area contributed by atoms with Crippen molar-refractivity contribution in [3.8, 4) is 11.4 Å². The molecule has 2 aromatic rings. The third kappa shape index (κ3) is 4.25. The summed E-state index contributed by atoms with van der Waals surface area (Å²) in [6.45, 7) is 7.13. The minimum Gasteiger partial charge on any atom is -0.325 e. The van der Waals surface area contributed by atoms with Crippen molar-refractivity contribution in [2.45, 2.75) is 39.7 Å². The van der Waals surface area contributed by atoms with Crippen molar-refractivity contribution >= 4 is 11.6 Å². The molecule has 6 heteroatoms. The van der Waals surface area contributed by atoms with Gasteiger partial charge < -0.3 is 15.2 Å². The first-order valence-corrected chi connectivity index (χ1v) is 9.16. The molecule has 1 fully saturated rings. The van der Waals surface area contributed by atoms with Crippen molar-refractivity contribution in [3.05, 3.63) is 30.6 Å². The van der Waals surface area contributed by atoms with Crippen molar-refractivity contribution in [1.29, 1.82) is 0 Å². The molecule has 1 aliphatic heterocycles. The first kappa shape index (κ1) is 17.6. The molecule has 2 unspecified atom stereocenters. The summed E-state index contributed by atoms with van der Waals surface area (Å²) in [5, 5.41) is 14.7. The van der Waals surface area contributed by atoms with Crippen LogP contribution in [0, 0.1) is 11.8 Å². The number of piperidine rings is 1. The monoisotopic (exact) mass is 341 g/mol. The Hall–Kier alpha value is -2.21. The molecule has 1 amide bonds. The molecule has 0 aliphatic carbocycles. The number of para-hydroxylation sites is 1. The normalized spacial score (nSPS) is 18.7. The van der Waals surface area contributed by atoms with Crippen LogP contribution in [0.2, 0.25) is 0 Å². The van der Waals surface area contributed by atoms with E-state index in [4.69, 9.17) is 0 Å². The summed E-state index contributed by atoms with van der Waals surface area (Å²) in [5.74, 6) is 1.80. The highest BCUT2D eigenvalue weighted by atomic mass is 16.1. The van der Waals surface area contributed by atoms with Crippen molar-refractivity contribution in [2.75, 3.05) is 18.4 Å². The predicted molar refractivity (Wildman–Crippen MR) is 99.1 cm³/mol. The maximum absolute atomic E-state index is 12.6. The SMILES string of the molecule is CCn1cnnc1-c1ccccc1NC(=O)CC(C)C1CCCNC1. The van der Waals surface area contributed by atoms with E-state index in [1.807, 2.05) is 35.8 Å². The fourth-order valence-corrected chi connectivity index (χ4v) is 3.51. The summed E-state index contributed by atoms with van der Waals surface area (Å²) in [7, 11) is 0. The zero-order valence-corrected chi connectivity index (χ0v) is 15.0. The lowest BCUT2D eigenvalue weighted by molar-refractivity contribution is -0.117. The number of benzene rings is 1. The molecule has 134 valence electrons. The van der Waals surface area contributed by atoms with Gasteiger partial charge in [0, 0.05) is 18.5 Å². The number of carbonyl (C=O) groups is 1. The number of carbonyl (C=O) groups excluding carboxylic acids is 1. The van der Waals surface area contributed by atoms with E-state index in [1.54, 1.807) is 6.33 Å². The first-order valence-electron chi connectivity index (χ1n) is 9.16. The zero-order chi connectivity index (χ0) is 17.6. The molecule has 1 aromatic carbocycles. The molecule has 2 N–H and O–H groups in total. The van der Waals surface area contributed by atoms with Crippen LogP contribution in [-0.2, 0) is 11.3 Å². The molecule has 1 aromatic heterocycles. The number of anilines is 1. The predicted octanol–water partition coefficient (Wildman–Crippen LogP) is 2.93. The fraction of sp³-hybridized carbons (Fsp3) is 0.526. The molecular formula is C19H27N5O. The average molecular weight is 341 g/mol. The summed E-state index contributed by atoms with van der Waals surface area (Å²) in [4.78, 5) is 12.6. The Morgan fingerprint density at radius 2 is 2.28 bits per heavy atom. The fourth-order valence-electron chi connectivity index (χ4n) is 3.51. The van der Waals surface area contributed by atoms with Crippen LogP contribution in [0.15, 0.2) is 30.6 Å². The molecule has 0 saturated carbocycles. The van der Waals surface area contributed by atoms with E-state index < -0.39 is 0 Å². The molecule has 6 nitrogen and oxygen atoms in total. The van der Waals surface area contributed by atoms with Crippen LogP contribution in [0.5, 0.6) is 0 Å². The molecule has 3 rings (SSSR count). The van der Waals surface area contributed by atoms with Gasteiger partial charge in [0.1, 0.15) is 6.33 Å². The number of aromatic nitrogens is 3. The molecule has 0 spiro atoms. The Balaban J connectivity index is 1.69. The Morgan fingerprint density at radius 1 is 1.44 bits per heavy atom. The lowest BCUT2D eigenvalue weighted by atomic mass is 9.85. The van der Waals surface area contributed by atoms with Gasteiger partial charge >= 0.3 is 0 Å². The topological polar surface area (TPSA) is 71.8 Å². The first-order chi connectivity index (χ1) is 12.2. The maximum atomic E-state index is 12.6. The van der Waals surface area contributed by atoms with Gasteiger partial charge in [-0.1, -0.05) is 19.1 Å². The van der Waals surface area contributed by atoms with Gasteiger partial charge in [0.2, 0.25) is 5.91 Å². The van der Waals surface area contributed by atoms with E-state index >= 15 is 0 Å². The highest BCUT2D eigenvalue weighted by molar-refractivity contribution is 5.94. The summed E-state index contributed by atoms with van der Waals surface area (Å²) < 4.78 is 1.97. The van der Waals surface area contributed by atoms with Crippen LogP contribution in [0.4, 0.5) is 5.69 Å². The second-order valence-electron chi connectivity index (χ2n) is 6.82. The molecule has 25 heavy (non-hydrogen) atoms. The van der Waals surface area contributed by atoms with Crippen LogP contribution in [0.3, 0.4) is 0 Å². The second kappa shape index (κ2) is 8.25. The molecule has 1 aliphatic rings. The highest BCUT2D eigenvalue weighted by Gasteiger charge is 2.22. The smallest absolute Gasteiger partial charge is 0.224 e. The van der Waals surface area contributed by atoms with Crippen molar-refractivity contribution in [1.82, 2.24) is 20.1 Å². The molecule has 2 heterocycles. The van der Waals surface area contributed by atoms with Gasteiger partial charge in [0.25, 0.3) is 0 Å². The van der Waals surface area contributed by atoms with E-state index in [0.29, 0.717) is 18.3 Å². The van der Waals surface area contributed by atoms with E-state index in [2.05, 4.69) is 27.8 Å². The Morgan fingerprint density at radius 3 is 3.04 bits per heavy atom. The maximum Gasteiger partial charge on any atom is 0.224 e. The van der Waals surface area contributed by atoms with Crippen LogP contribution in [0.1, 0.15) is 33.1 Å². The zero-order valence-electron chi connectivity index (χ0n) is 15.0. The van der Waals surface area contributed by atoms with E-state index in [-0.39, 0.29) is 5.91 Å². The number of nitrogens with zero attached hydrogens (tertiary/aromatic N) is 3. The third-order valence-electron chi connectivity index (χ3n) is 5.05. The van der Waals surface area contributed by atoms with Gasteiger partial charge in [0.15, 0.2) is 5.82 Å². The van der Waals surface area contributed by atoms with E-state index in [0.717, 1.165) is 36.7 Å². The van der Waals surface area contributed by atoms with Crippen molar-refractivity contribution in [3.63, 3.8) is 0 Å². The second-order valence-corrected chi connectivity index (χ2v) is 6.82. The minimum absolute atomic E-state index is 0.0630. The molecule has 0 bridgehead atoms. The van der Waals surface area contributed by atoms with Gasteiger partial charge in [-0.3, -0.25) is 4.79 Å². The number of hydrogen-bond donors (Lipinski definition) is 2. The van der Waals surface area contributed by atoms with Crippen LogP contribution < -0.4 is 10.6 Å². The molecule has 2 atom stereocenters. The highest BCUT2D eigenvalue weighted by Crippen LogP contribution is 2.27. The van der Waals surface area contributed by atoms with E-state index in [9.17, 15) is 4.79 Å². The largest absolute Gasteiger partial charge is 0.325 e. The number of rotatable bonds is 6. The lowest BCUT2D eigenvalue weighted by Crippen LogP contribution is -2.34. The lowest BCUT2D eigenvalue weighted by Gasteiger charge is -2.28. The summed E-state index contributed by atoms with van der Waals surface area (Å²) in [5.41, 5.74) is 1.70. The molecular weight excluding hydrogens is 314 g/mol. The Bertz CT molecular complexity index is 705. The minimum atomic E-state index is 0.0630. The van der Waals surface area contributed by atoms with Gasteiger partial charge in [0.05, 0.1) is 5.69 Å². The van der Waals surface area contributed by atoms with Crippen LogP contribution in [-0.4, -0.2) is 33.8 Å². The molecule has 1 saturated heterocycles. The number of aryl methyl sites for hydroxylation is 1. The van der Waals surface area contributed by atoms with Gasteiger partial charge in [-0.2, -0.15) is 0 Å². The molecule has 0 radical (unpaired) electrons. The summed E-state index contributed by atoms with van der Waals surface area (Å²) in [6.07, 6.45) is 4.66. The quantitative estimate of drug-likeness (QED) is 0.847. The van der Waals surface area contributed by atoms with Crippen molar-refractivity contribution in [2.24, 2.45) is 11.8 Å².